The monoisotopic (exact) mass is 534 g/mol. The predicted molar refractivity (Wildman–Crippen MR) is 148 cm³/mol. The zero-order chi connectivity index (χ0) is 25.9. The van der Waals surface area contributed by atoms with Crippen LogP contribution in [0.4, 0.5) is 0 Å². The first-order valence-electron chi connectivity index (χ1n) is 13.9. The Bertz CT molecular complexity index is 867. The number of dihydropyridines is 1. The van der Waals surface area contributed by atoms with E-state index in [0.29, 0.717) is 17.7 Å². The maximum Gasteiger partial charge on any atom is 0.249 e. The van der Waals surface area contributed by atoms with Crippen LogP contribution in [0.25, 0.3) is 0 Å². The topological polar surface area (TPSA) is 94.0 Å². The maximum absolute atomic E-state index is 13.6. The smallest absolute Gasteiger partial charge is 0.249 e. The molecule has 1 atom stereocenters. The Labute approximate surface area is 226 Å². The standard InChI is InChI=1S/C28H43ClN4O2S/c1-3-4-5-9-16-31-24(34)18-36-28-23(17-30)26(20-10-7-6-8-11-20)25(19(2)32-28)27(35)33-22-14-12-21(29)13-15-22/h20-22,26,32H,3-16,18H2,1-2H3,(H,31,34)(H,33,35). The van der Waals surface area contributed by atoms with Gasteiger partial charge in [0, 0.05) is 35.2 Å². The summed E-state index contributed by atoms with van der Waals surface area (Å²) in [6.45, 7) is 4.80. The van der Waals surface area contributed by atoms with Gasteiger partial charge >= 0.3 is 0 Å². The van der Waals surface area contributed by atoms with Crippen LogP contribution in [0.1, 0.15) is 97.3 Å². The molecule has 1 heterocycles. The Morgan fingerprint density at radius 1 is 1.08 bits per heavy atom. The molecule has 200 valence electrons. The Morgan fingerprint density at radius 2 is 1.81 bits per heavy atom. The van der Waals surface area contributed by atoms with Crippen molar-refractivity contribution in [1.29, 1.82) is 5.26 Å². The first-order chi connectivity index (χ1) is 17.4. The van der Waals surface area contributed by atoms with E-state index in [4.69, 9.17) is 11.6 Å². The predicted octanol–water partition coefficient (Wildman–Crippen LogP) is 5.89. The minimum atomic E-state index is -0.222. The highest BCUT2D eigenvalue weighted by molar-refractivity contribution is 8.03. The highest BCUT2D eigenvalue weighted by Crippen LogP contribution is 2.43. The number of unbranched alkanes of at least 4 members (excludes halogenated alkanes) is 3. The lowest BCUT2D eigenvalue weighted by Gasteiger charge is -2.37. The number of alkyl halides is 1. The van der Waals surface area contributed by atoms with Gasteiger partial charge in [-0.2, -0.15) is 5.26 Å². The highest BCUT2D eigenvalue weighted by Gasteiger charge is 2.39. The summed E-state index contributed by atoms with van der Waals surface area (Å²) in [6, 6.07) is 2.57. The third-order valence-corrected chi connectivity index (χ3v) is 9.20. The van der Waals surface area contributed by atoms with Crippen LogP contribution in [-0.2, 0) is 9.59 Å². The minimum absolute atomic E-state index is 0.0163. The molecule has 0 spiro atoms. The number of allylic oxidation sites excluding steroid dienone is 2. The molecule has 0 saturated heterocycles. The molecule has 0 radical (unpaired) electrons. The van der Waals surface area contributed by atoms with E-state index < -0.39 is 0 Å². The molecule has 2 fully saturated rings. The van der Waals surface area contributed by atoms with Gasteiger partial charge in [0.2, 0.25) is 11.8 Å². The first kappa shape index (κ1) is 28.9. The molecular formula is C28H43ClN4O2S. The van der Waals surface area contributed by atoms with Crippen LogP contribution < -0.4 is 16.0 Å². The molecule has 0 aromatic heterocycles. The lowest BCUT2D eigenvalue weighted by molar-refractivity contribution is -0.119. The van der Waals surface area contributed by atoms with Gasteiger partial charge in [0.1, 0.15) is 0 Å². The summed E-state index contributed by atoms with van der Waals surface area (Å²) in [5.74, 6) is 0.232. The number of carbonyl (C=O) groups excluding carboxylic acids is 2. The average molecular weight is 535 g/mol. The second-order valence-corrected chi connectivity index (χ2v) is 12.1. The fourth-order valence-electron chi connectivity index (χ4n) is 5.74. The molecule has 3 aliphatic rings. The fourth-order valence-corrected chi connectivity index (χ4v) is 6.92. The van der Waals surface area contributed by atoms with Crippen molar-refractivity contribution >= 4 is 35.2 Å². The largest absolute Gasteiger partial charge is 0.355 e. The van der Waals surface area contributed by atoms with Gasteiger partial charge in [0.25, 0.3) is 0 Å². The van der Waals surface area contributed by atoms with E-state index in [1.807, 2.05) is 6.92 Å². The summed E-state index contributed by atoms with van der Waals surface area (Å²) in [5, 5.41) is 20.8. The summed E-state index contributed by atoms with van der Waals surface area (Å²) in [5.41, 5.74) is 2.12. The molecule has 2 amide bonds. The van der Waals surface area contributed by atoms with Crippen molar-refractivity contribution in [3.8, 4) is 6.07 Å². The number of thioether (sulfide) groups is 1. The lowest BCUT2D eigenvalue weighted by atomic mass is 9.71. The normalized spacial score (nSPS) is 25.2. The molecule has 36 heavy (non-hydrogen) atoms. The van der Waals surface area contributed by atoms with E-state index >= 15 is 0 Å². The van der Waals surface area contributed by atoms with Crippen LogP contribution >= 0.6 is 23.4 Å². The van der Waals surface area contributed by atoms with Crippen LogP contribution in [0.15, 0.2) is 21.9 Å². The minimum Gasteiger partial charge on any atom is -0.355 e. The van der Waals surface area contributed by atoms with Gasteiger partial charge < -0.3 is 16.0 Å². The molecule has 0 aromatic carbocycles. The van der Waals surface area contributed by atoms with Crippen molar-refractivity contribution in [1.82, 2.24) is 16.0 Å². The van der Waals surface area contributed by atoms with Crippen LogP contribution in [0.5, 0.6) is 0 Å². The average Bonchev–Trinajstić information content (AvgIpc) is 2.88. The molecule has 2 aliphatic carbocycles. The third-order valence-electron chi connectivity index (χ3n) is 7.75. The maximum atomic E-state index is 13.6. The van der Waals surface area contributed by atoms with Gasteiger partial charge in [0.15, 0.2) is 0 Å². The van der Waals surface area contributed by atoms with E-state index in [1.165, 1.54) is 31.0 Å². The number of nitriles is 1. The van der Waals surface area contributed by atoms with Gasteiger partial charge in [-0.05, 0) is 57.8 Å². The fraction of sp³-hybridized carbons (Fsp3) is 0.750. The number of halogens is 1. The summed E-state index contributed by atoms with van der Waals surface area (Å²) in [7, 11) is 0. The van der Waals surface area contributed by atoms with Crippen molar-refractivity contribution in [3.63, 3.8) is 0 Å². The number of nitrogens with one attached hydrogen (secondary N) is 3. The van der Waals surface area contributed by atoms with Gasteiger partial charge in [-0.1, -0.05) is 57.2 Å². The van der Waals surface area contributed by atoms with Gasteiger partial charge in [-0.3, -0.25) is 9.59 Å². The van der Waals surface area contributed by atoms with Crippen LogP contribution in [0.2, 0.25) is 0 Å². The van der Waals surface area contributed by atoms with Crippen LogP contribution in [-0.4, -0.2) is 35.5 Å². The Hall–Kier alpha value is -1.65. The van der Waals surface area contributed by atoms with Crippen molar-refractivity contribution in [3.05, 3.63) is 21.9 Å². The van der Waals surface area contributed by atoms with Crippen molar-refractivity contribution < 1.29 is 9.59 Å². The van der Waals surface area contributed by atoms with Gasteiger partial charge in [0.05, 0.1) is 22.4 Å². The zero-order valence-electron chi connectivity index (χ0n) is 22.0. The van der Waals surface area contributed by atoms with Crippen LogP contribution in [0, 0.1) is 23.2 Å². The number of hydrogen-bond acceptors (Lipinski definition) is 5. The Balaban J connectivity index is 1.72. The number of amides is 2. The van der Waals surface area contributed by atoms with E-state index in [2.05, 4.69) is 28.9 Å². The molecule has 3 rings (SSSR count). The Morgan fingerprint density at radius 3 is 2.47 bits per heavy atom. The molecule has 6 nitrogen and oxygen atoms in total. The summed E-state index contributed by atoms with van der Waals surface area (Å²) < 4.78 is 0. The second-order valence-electron chi connectivity index (χ2n) is 10.5. The number of carbonyl (C=O) groups is 2. The quantitative estimate of drug-likeness (QED) is 0.227. The van der Waals surface area contributed by atoms with Crippen molar-refractivity contribution in [2.24, 2.45) is 11.8 Å². The SMILES string of the molecule is CCCCCCNC(=O)CSC1=C(C#N)C(C2CCCCC2)C(C(=O)NC2CCC(Cl)CC2)=C(C)N1. The second kappa shape index (κ2) is 14.9. The number of hydrogen-bond donors (Lipinski definition) is 3. The lowest BCUT2D eigenvalue weighted by Crippen LogP contribution is -2.43. The van der Waals surface area contributed by atoms with Crippen molar-refractivity contribution in [2.45, 2.75) is 109 Å². The van der Waals surface area contributed by atoms with E-state index in [1.54, 1.807) is 0 Å². The molecule has 1 aliphatic heterocycles. The van der Waals surface area contributed by atoms with E-state index in [9.17, 15) is 14.9 Å². The molecule has 2 saturated carbocycles. The summed E-state index contributed by atoms with van der Waals surface area (Å²) in [4.78, 5) is 26.0. The number of rotatable bonds is 11. The summed E-state index contributed by atoms with van der Waals surface area (Å²) >= 11 is 7.65. The summed E-state index contributed by atoms with van der Waals surface area (Å²) in [6.07, 6.45) is 13.6. The van der Waals surface area contributed by atoms with Gasteiger partial charge in [-0.25, -0.2) is 0 Å². The molecule has 1 unspecified atom stereocenters. The molecule has 0 aromatic rings. The number of nitrogens with zero attached hydrogens (tertiary/aromatic N) is 1. The molecule has 3 N–H and O–H groups in total. The third kappa shape index (κ3) is 8.18. The Kier molecular flexibility index (Phi) is 12.0. The molecule has 8 heteroatoms. The zero-order valence-corrected chi connectivity index (χ0v) is 23.5. The van der Waals surface area contributed by atoms with Crippen molar-refractivity contribution in [2.75, 3.05) is 12.3 Å². The first-order valence-corrected chi connectivity index (χ1v) is 15.3. The van der Waals surface area contributed by atoms with Crippen LogP contribution in [0.3, 0.4) is 0 Å². The van der Waals surface area contributed by atoms with E-state index in [-0.39, 0.29) is 40.8 Å². The van der Waals surface area contributed by atoms with Gasteiger partial charge in [-0.15, -0.1) is 11.6 Å². The molecule has 0 bridgehead atoms. The van der Waals surface area contributed by atoms with E-state index in [0.717, 1.165) is 74.9 Å². The molecular weight excluding hydrogens is 492 g/mol. The highest BCUT2D eigenvalue weighted by atomic mass is 35.5.